The summed E-state index contributed by atoms with van der Waals surface area (Å²) in [5.41, 5.74) is 2.23. The van der Waals surface area contributed by atoms with Crippen molar-refractivity contribution in [1.82, 2.24) is 0 Å². The molecule has 170 valence electrons. The number of fused-ring (bicyclic) bond motifs is 1. The maximum atomic E-state index is 12.9. The largest absolute Gasteiger partial charge is 0.454 e. The predicted molar refractivity (Wildman–Crippen MR) is 131 cm³/mol. The molecule has 8 heteroatoms. The van der Waals surface area contributed by atoms with Gasteiger partial charge in [0.05, 0.1) is 11.7 Å². The second-order valence-corrected chi connectivity index (χ2v) is 9.16. The van der Waals surface area contributed by atoms with E-state index >= 15 is 0 Å². The highest BCUT2D eigenvalue weighted by Gasteiger charge is 2.20. The first kappa shape index (κ1) is 23.0. The molecule has 0 saturated carbocycles. The second-order valence-electron chi connectivity index (χ2n) is 7.45. The van der Waals surface area contributed by atoms with Crippen LogP contribution < -0.4 is 20.1 Å². The van der Waals surface area contributed by atoms with Gasteiger partial charge >= 0.3 is 0 Å². The van der Waals surface area contributed by atoms with E-state index in [0.29, 0.717) is 34.3 Å². The van der Waals surface area contributed by atoms with Gasteiger partial charge in [0, 0.05) is 27.4 Å². The lowest BCUT2D eigenvalue weighted by Gasteiger charge is -2.16. The summed E-state index contributed by atoms with van der Waals surface area (Å²) in [7, 11) is 0. The Hall–Kier alpha value is -3.16. The molecule has 3 aromatic carbocycles. The molecule has 1 heterocycles. The van der Waals surface area contributed by atoms with Crippen LogP contribution in [0.3, 0.4) is 0 Å². The molecule has 0 bridgehead atoms. The number of thioether (sulfide) groups is 1. The molecule has 1 atom stereocenters. The Kier molecular flexibility index (Phi) is 7.42. The van der Waals surface area contributed by atoms with Crippen LogP contribution in [0.2, 0.25) is 5.02 Å². The summed E-state index contributed by atoms with van der Waals surface area (Å²) >= 11 is 7.35. The molecule has 0 fully saturated rings. The smallest absolute Gasteiger partial charge is 0.237 e. The number of nitrogens with one attached hydrogen (secondary N) is 2. The van der Waals surface area contributed by atoms with E-state index < -0.39 is 0 Å². The number of benzene rings is 3. The van der Waals surface area contributed by atoms with Crippen molar-refractivity contribution >= 4 is 46.6 Å². The molecule has 1 unspecified atom stereocenters. The minimum absolute atomic E-state index is 0.0986. The SMILES string of the molecule is CCC(Sc1cccc(NC(=O)Cc2ccc(Cl)cc2)c1)C(=O)Nc1ccc2c(c1)OCO2. The van der Waals surface area contributed by atoms with Gasteiger partial charge in [0.15, 0.2) is 11.5 Å². The summed E-state index contributed by atoms with van der Waals surface area (Å²) in [5.74, 6) is 1.07. The Morgan fingerprint density at radius 1 is 0.970 bits per heavy atom. The van der Waals surface area contributed by atoms with Gasteiger partial charge in [0.25, 0.3) is 0 Å². The zero-order valence-corrected chi connectivity index (χ0v) is 19.5. The van der Waals surface area contributed by atoms with Crippen LogP contribution in [0.1, 0.15) is 18.9 Å². The van der Waals surface area contributed by atoms with Crippen LogP contribution in [-0.2, 0) is 16.0 Å². The molecule has 1 aliphatic rings. The number of hydrogen-bond acceptors (Lipinski definition) is 5. The fourth-order valence-corrected chi connectivity index (χ4v) is 4.46. The molecule has 2 N–H and O–H groups in total. The van der Waals surface area contributed by atoms with Gasteiger partial charge in [-0.15, -0.1) is 11.8 Å². The predicted octanol–water partition coefficient (Wildman–Crippen LogP) is 5.76. The Morgan fingerprint density at radius 2 is 1.73 bits per heavy atom. The van der Waals surface area contributed by atoms with Crippen molar-refractivity contribution in [3.63, 3.8) is 0 Å². The maximum Gasteiger partial charge on any atom is 0.237 e. The molecular formula is C25H23ClN2O4S. The standard InChI is InChI=1S/C25H23ClN2O4S/c1-2-23(25(30)28-19-10-11-21-22(14-19)32-15-31-21)33-20-5-3-4-18(13-20)27-24(29)12-16-6-8-17(26)9-7-16/h3-11,13-14,23H,2,12,15H2,1H3,(H,27,29)(H,28,30). The molecule has 4 rings (SSSR count). The third kappa shape index (κ3) is 6.21. The minimum atomic E-state index is -0.296. The van der Waals surface area contributed by atoms with E-state index in [0.717, 1.165) is 10.5 Å². The van der Waals surface area contributed by atoms with Crippen molar-refractivity contribution in [2.75, 3.05) is 17.4 Å². The van der Waals surface area contributed by atoms with Crippen molar-refractivity contribution in [2.24, 2.45) is 0 Å². The third-order valence-corrected chi connectivity index (χ3v) is 6.59. The van der Waals surface area contributed by atoms with E-state index in [1.807, 2.05) is 43.3 Å². The van der Waals surface area contributed by atoms with E-state index in [1.54, 1.807) is 30.3 Å². The molecule has 3 aromatic rings. The van der Waals surface area contributed by atoms with Crippen LogP contribution in [0.15, 0.2) is 71.6 Å². The van der Waals surface area contributed by atoms with Crippen LogP contribution >= 0.6 is 23.4 Å². The van der Waals surface area contributed by atoms with Gasteiger partial charge in [-0.2, -0.15) is 0 Å². The van der Waals surface area contributed by atoms with Crippen LogP contribution in [-0.4, -0.2) is 23.9 Å². The first-order valence-electron chi connectivity index (χ1n) is 10.5. The normalized spacial score (nSPS) is 12.8. The van der Waals surface area contributed by atoms with E-state index in [1.165, 1.54) is 11.8 Å². The van der Waals surface area contributed by atoms with Gasteiger partial charge < -0.3 is 20.1 Å². The molecular weight excluding hydrogens is 460 g/mol. The summed E-state index contributed by atoms with van der Waals surface area (Å²) in [6.45, 7) is 2.15. The van der Waals surface area contributed by atoms with Gasteiger partial charge in [-0.05, 0) is 54.4 Å². The molecule has 0 saturated heterocycles. The fourth-order valence-electron chi connectivity index (χ4n) is 3.32. The lowest BCUT2D eigenvalue weighted by molar-refractivity contribution is -0.116. The third-order valence-electron chi connectivity index (χ3n) is 4.98. The van der Waals surface area contributed by atoms with Crippen LogP contribution in [0.25, 0.3) is 0 Å². The molecule has 2 amide bonds. The summed E-state index contributed by atoms with van der Waals surface area (Å²) in [4.78, 5) is 26.2. The highest BCUT2D eigenvalue weighted by molar-refractivity contribution is 8.00. The van der Waals surface area contributed by atoms with Gasteiger partial charge in [-0.3, -0.25) is 9.59 Å². The van der Waals surface area contributed by atoms with E-state index in [4.69, 9.17) is 21.1 Å². The zero-order chi connectivity index (χ0) is 23.2. The van der Waals surface area contributed by atoms with Crippen molar-refractivity contribution < 1.29 is 19.1 Å². The number of carbonyl (C=O) groups excluding carboxylic acids is 2. The average Bonchev–Trinajstić information content (AvgIpc) is 3.27. The van der Waals surface area contributed by atoms with Gasteiger partial charge in [0.2, 0.25) is 18.6 Å². The number of rotatable bonds is 8. The number of hydrogen-bond donors (Lipinski definition) is 2. The number of anilines is 2. The topological polar surface area (TPSA) is 76.7 Å². The molecule has 33 heavy (non-hydrogen) atoms. The highest BCUT2D eigenvalue weighted by atomic mass is 35.5. The van der Waals surface area contributed by atoms with Crippen molar-refractivity contribution in [2.45, 2.75) is 29.9 Å². The van der Waals surface area contributed by atoms with E-state index in [-0.39, 0.29) is 30.3 Å². The lowest BCUT2D eigenvalue weighted by atomic mass is 10.1. The number of ether oxygens (including phenoxy) is 2. The van der Waals surface area contributed by atoms with Crippen LogP contribution in [0, 0.1) is 0 Å². The molecule has 0 radical (unpaired) electrons. The van der Waals surface area contributed by atoms with E-state index in [2.05, 4.69) is 10.6 Å². The van der Waals surface area contributed by atoms with Gasteiger partial charge in [0.1, 0.15) is 0 Å². The quantitative estimate of drug-likeness (QED) is 0.399. The second kappa shape index (κ2) is 10.6. The lowest BCUT2D eigenvalue weighted by Crippen LogP contribution is -2.24. The summed E-state index contributed by atoms with van der Waals surface area (Å²) in [6, 6.07) is 20.0. The molecule has 1 aliphatic heterocycles. The van der Waals surface area contributed by atoms with Crippen molar-refractivity contribution in [3.8, 4) is 11.5 Å². The zero-order valence-electron chi connectivity index (χ0n) is 18.0. The van der Waals surface area contributed by atoms with Crippen molar-refractivity contribution in [1.29, 1.82) is 0 Å². The Morgan fingerprint density at radius 3 is 2.52 bits per heavy atom. The maximum absolute atomic E-state index is 12.9. The Labute approximate surface area is 201 Å². The van der Waals surface area contributed by atoms with E-state index in [9.17, 15) is 9.59 Å². The Bertz CT molecular complexity index is 1150. The molecule has 6 nitrogen and oxygen atoms in total. The monoisotopic (exact) mass is 482 g/mol. The number of amides is 2. The molecule has 0 aromatic heterocycles. The summed E-state index contributed by atoms with van der Waals surface area (Å²) < 4.78 is 10.7. The minimum Gasteiger partial charge on any atom is -0.454 e. The van der Waals surface area contributed by atoms with Crippen LogP contribution in [0.4, 0.5) is 11.4 Å². The van der Waals surface area contributed by atoms with Crippen LogP contribution in [0.5, 0.6) is 11.5 Å². The molecule has 0 spiro atoms. The van der Waals surface area contributed by atoms with Crippen molar-refractivity contribution in [3.05, 3.63) is 77.3 Å². The van der Waals surface area contributed by atoms with Gasteiger partial charge in [-0.1, -0.05) is 36.7 Å². The number of carbonyl (C=O) groups is 2. The fraction of sp³-hybridized carbons (Fsp3) is 0.200. The van der Waals surface area contributed by atoms with Gasteiger partial charge in [-0.25, -0.2) is 0 Å². The average molecular weight is 483 g/mol. The Balaban J connectivity index is 1.36. The summed E-state index contributed by atoms with van der Waals surface area (Å²) in [5, 5.41) is 6.20. The highest BCUT2D eigenvalue weighted by Crippen LogP contribution is 2.35. The summed E-state index contributed by atoms with van der Waals surface area (Å²) in [6.07, 6.45) is 0.901. The first-order chi connectivity index (χ1) is 16.0. The first-order valence-corrected chi connectivity index (χ1v) is 11.8. The number of halogens is 1. The molecule has 0 aliphatic carbocycles.